The maximum Gasteiger partial charge on any atom is 0.235 e. The van der Waals surface area contributed by atoms with Crippen molar-refractivity contribution in [3.8, 4) is 0 Å². The molecule has 2 fully saturated rings. The number of nitrogens with one attached hydrogen (secondary N) is 1. The second-order valence-corrected chi connectivity index (χ2v) is 8.12. The highest BCUT2D eigenvalue weighted by Gasteiger charge is 2.64. The molecule has 1 amide bonds. The van der Waals surface area contributed by atoms with Crippen LogP contribution in [0.3, 0.4) is 0 Å². The summed E-state index contributed by atoms with van der Waals surface area (Å²) in [7, 11) is 0. The van der Waals surface area contributed by atoms with Crippen LogP contribution in [-0.4, -0.2) is 30.4 Å². The fourth-order valence-corrected chi connectivity index (χ4v) is 4.94. The summed E-state index contributed by atoms with van der Waals surface area (Å²) in [4.78, 5) is 15.2. The third-order valence-corrected chi connectivity index (χ3v) is 6.57. The van der Waals surface area contributed by atoms with Gasteiger partial charge in [0, 0.05) is 18.2 Å². The summed E-state index contributed by atoms with van der Waals surface area (Å²) in [5.74, 6) is 0.500. The largest absolute Gasteiger partial charge is 0.325 e. The van der Waals surface area contributed by atoms with E-state index in [9.17, 15) is 4.79 Å². The van der Waals surface area contributed by atoms with Crippen LogP contribution in [-0.2, 0) is 16.6 Å². The third kappa shape index (κ3) is 2.57. The summed E-state index contributed by atoms with van der Waals surface area (Å²) in [6.45, 7) is 3.69. The highest BCUT2D eigenvalue weighted by molar-refractivity contribution is 6.09. The molecule has 2 aliphatic heterocycles. The lowest BCUT2D eigenvalue weighted by atomic mass is 9.92. The molecule has 2 unspecified atom stereocenters. The number of amides is 1. The standard InChI is InChI=1S/C23H26N2O/c26-22-23(19-6-2-3-7-21(19)24-22)16-20(23)18-10-8-17(9-11-18)12-15-25-13-4-1-5-14-25/h2-3,6-11,20H,1,4-5,12-16H2,(H,24,26). The Labute approximate surface area is 155 Å². The predicted octanol–water partition coefficient (Wildman–Crippen LogP) is 4.09. The molecule has 1 saturated heterocycles. The van der Waals surface area contributed by atoms with Crippen LogP contribution in [0.15, 0.2) is 48.5 Å². The van der Waals surface area contributed by atoms with E-state index in [1.54, 1.807) is 0 Å². The molecular weight excluding hydrogens is 320 g/mol. The summed E-state index contributed by atoms with van der Waals surface area (Å²) >= 11 is 0. The predicted molar refractivity (Wildman–Crippen MR) is 105 cm³/mol. The zero-order valence-corrected chi connectivity index (χ0v) is 15.2. The Bertz CT molecular complexity index is 822. The normalized spacial score (nSPS) is 27.4. The first-order chi connectivity index (χ1) is 12.8. The van der Waals surface area contributed by atoms with E-state index < -0.39 is 0 Å². The molecule has 1 aliphatic carbocycles. The Kier molecular flexibility index (Phi) is 3.86. The number of piperidine rings is 1. The van der Waals surface area contributed by atoms with E-state index in [2.05, 4.69) is 40.5 Å². The number of hydrogen-bond acceptors (Lipinski definition) is 2. The number of likely N-dealkylation sites (tertiary alicyclic amines) is 1. The van der Waals surface area contributed by atoms with E-state index in [0.717, 1.165) is 18.5 Å². The molecule has 3 heteroatoms. The molecule has 0 aromatic heterocycles. The van der Waals surface area contributed by atoms with Crippen molar-refractivity contribution in [2.45, 2.75) is 43.4 Å². The summed E-state index contributed by atoms with van der Waals surface area (Å²) in [5.41, 5.74) is 4.58. The highest BCUT2D eigenvalue weighted by atomic mass is 16.2. The van der Waals surface area contributed by atoms with Crippen molar-refractivity contribution in [1.29, 1.82) is 0 Å². The Hall–Kier alpha value is -2.13. The second-order valence-electron chi connectivity index (χ2n) is 8.12. The van der Waals surface area contributed by atoms with Crippen molar-refractivity contribution in [3.63, 3.8) is 0 Å². The lowest BCUT2D eigenvalue weighted by Crippen LogP contribution is -2.31. The number of para-hydroxylation sites is 1. The molecule has 2 heterocycles. The summed E-state index contributed by atoms with van der Waals surface area (Å²) in [6, 6.07) is 17.2. The molecule has 2 atom stereocenters. The van der Waals surface area contributed by atoms with Gasteiger partial charge in [0.05, 0.1) is 5.41 Å². The molecule has 1 spiro atoms. The zero-order valence-electron chi connectivity index (χ0n) is 15.2. The van der Waals surface area contributed by atoms with Crippen LogP contribution in [0.25, 0.3) is 0 Å². The van der Waals surface area contributed by atoms with Gasteiger partial charge in [-0.1, -0.05) is 48.9 Å². The maximum atomic E-state index is 12.6. The monoisotopic (exact) mass is 346 g/mol. The van der Waals surface area contributed by atoms with E-state index in [1.165, 1.54) is 55.6 Å². The van der Waals surface area contributed by atoms with Gasteiger partial charge in [-0.15, -0.1) is 0 Å². The van der Waals surface area contributed by atoms with Gasteiger partial charge in [-0.3, -0.25) is 4.79 Å². The summed E-state index contributed by atoms with van der Waals surface area (Å²) < 4.78 is 0. The number of rotatable bonds is 4. The van der Waals surface area contributed by atoms with E-state index >= 15 is 0 Å². The third-order valence-electron chi connectivity index (χ3n) is 6.57. The first kappa shape index (κ1) is 16.1. The Balaban J connectivity index is 1.28. The van der Waals surface area contributed by atoms with Gasteiger partial charge in [0.15, 0.2) is 0 Å². The fraction of sp³-hybridized carbons (Fsp3) is 0.435. The number of hydrogen-bond donors (Lipinski definition) is 1. The van der Waals surface area contributed by atoms with Crippen molar-refractivity contribution in [3.05, 3.63) is 65.2 Å². The topological polar surface area (TPSA) is 32.3 Å². The number of carbonyl (C=O) groups excluding carboxylic acids is 1. The molecular formula is C23H26N2O. The summed E-state index contributed by atoms with van der Waals surface area (Å²) in [5, 5.41) is 3.07. The number of carbonyl (C=O) groups is 1. The van der Waals surface area contributed by atoms with Crippen LogP contribution >= 0.6 is 0 Å². The van der Waals surface area contributed by atoms with Gasteiger partial charge in [0.1, 0.15) is 0 Å². The molecule has 0 radical (unpaired) electrons. The Morgan fingerprint density at radius 1 is 1.00 bits per heavy atom. The van der Waals surface area contributed by atoms with Gasteiger partial charge >= 0.3 is 0 Å². The summed E-state index contributed by atoms with van der Waals surface area (Å²) in [6.07, 6.45) is 6.16. The van der Waals surface area contributed by atoms with Gasteiger partial charge in [0.25, 0.3) is 0 Å². The van der Waals surface area contributed by atoms with Crippen LogP contribution in [0.1, 0.15) is 48.3 Å². The van der Waals surface area contributed by atoms with E-state index in [4.69, 9.17) is 0 Å². The van der Waals surface area contributed by atoms with E-state index in [-0.39, 0.29) is 11.3 Å². The maximum absolute atomic E-state index is 12.6. The smallest absolute Gasteiger partial charge is 0.235 e. The minimum Gasteiger partial charge on any atom is -0.325 e. The van der Waals surface area contributed by atoms with Crippen LogP contribution < -0.4 is 5.32 Å². The zero-order chi connectivity index (χ0) is 17.6. The molecule has 3 nitrogen and oxygen atoms in total. The quantitative estimate of drug-likeness (QED) is 0.904. The van der Waals surface area contributed by atoms with Crippen molar-refractivity contribution < 1.29 is 4.79 Å². The van der Waals surface area contributed by atoms with Gasteiger partial charge < -0.3 is 10.2 Å². The lowest BCUT2D eigenvalue weighted by molar-refractivity contribution is -0.118. The van der Waals surface area contributed by atoms with Gasteiger partial charge in [0.2, 0.25) is 5.91 Å². The Morgan fingerprint density at radius 2 is 1.77 bits per heavy atom. The van der Waals surface area contributed by atoms with Crippen molar-refractivity contribution >= 4 is 11.6 Å². The first-order valence-corrected chi connectivity index (χ1v) is 9.99. The number of anilines is 1. The van der Waals surface area contributed by atoms with Gasteiger partial charge in [-0.05, 0) is 61.5 Å². The van der Waals surface area contributed by atoms with Crippen LogP contribution in [0.5, 0.6) is 0 Å². The minimum absolute atomic E-state index is 0.179. The average Bonchev–Trinajstić information content (AvgIpc) is 3.38. The lowest BCUT2D eigenvalue weighted by Gasteiger charge is -2.26. The molecule has 26 heavy (non-hydrogen) atoms. The molecule has 2 aromatic carbocycles. The van der Waals surface area contributed by atoms with E-state index in [0.29, 0.717) is 5.92 Å². The van der Waals surface area contributed by atoms with Crippen molar-refractivity contribution in [2.75, 3.05) is 25.0 Å². The highest BCUT2D eigenvalue weighted by Crippen LogP contribution is 2.64. The molecule has 0 bridgehead atoms. The molecule has 1 N–H and O–H groups in total. The molecule has 2 aromatic rings. The number of benzene rings is 2. The first-order valence-electron chi connectivity index (χ1n) is 9.99. The molecule has 3 aliphatic rings. The minimum atomic E-state index is -0.314. The number of nitrogens with zero attached hydrogens (tertiary/aromatic N) is 1. The van der Waals surface area contributed by atoms with Crippen LogP contribution in [0.2, 0.25) is 0 Å². The van der Waals surface area contributed by atoms with Crippen molar-refractivity contribution in [2.24, 2.45) is 0 Å². The van der Waals surface area contributed by atoms with E-state index in [1.807, 2.05) is 18.2 Å². The molecule has 134 valence electrons. The van der Waals surface area contributed by atoms with Crippen molar-refractivity contribution in [1.82, 2.24) is 4.90 Å². The van der Waals surface area contributed by atoms with Gasteiger partial charge in [-0.25, -0.2) is 0 Å². The average molecular weight is 346 g/mol. The Morgan fingerprint density at radius 3 is 2.58 bits per heavy atom. The fourth-order valence-electron chi connectivity index (χ4n) is 4.94. The second kappa shape index (κ2) is 6.24. The number of fused-ring (bicyclic) bond motifs is 2. The van der Waals surface area contributed by atoms with Crippen LogP contribution in [0, 0.1) is 0 Å². The van der Waals surface area contributed by atoms with Gasteiger partial charge in [-0.2, -0.15) is 0 Å². The van der Waals surface area contributed by atoms with Crippen LogP contribution in [0.4, 0.5) is 5.69 Å². The molecule has 5 rings (SSSR count). The SMILES string of the molecule is O=C1Nc2ccccc2C12CC2c1ccc(CCN2CCCCC2)cc1. The molecule has 1 saturated carbocycles.